The second-order valence-corrected chi connectivity index (χ2v) is 8.11. The van der Waals surface area contributed by atoms with Gasteiger partial charge in [-0.25, -0.2) is 18.7 Å². The Morgan fingerprint density at radius 3 is 2.57 bits per heavy atom. The molecule has 3 aromatic rings. The van der Waals surface area contributed by atoms with E-state index in [1.807, 2.05) is 4.98 Å². The van der Waals surface area contributed by atoms with Crippen molar-refractivity contribution in [2.75, 3.05) is 18.0 Å². The minimum absolute atomic E-state index is 0.0795. The number of hydrogen-bond donors (Lipinski definition) is 3. The molecule has 0 spiro atoms. The molecular weight excluding hydrogens is 505 g/mol. The Bertz CT molecular complexity index is 1430. The van der Waals surface area contributed by atoms with Gasteiger partial charge >= 0.3 is 11.9 Å². The second-order valence-electron chi connectivity index (χ2n) is 7.71. The quantitative estimate of drug-likeness (QED) is 0.445. The molecule has 0 amide bonds. The highest BCUT2D eigenvalue weighted by molar-refractivity contribution is 6.31. The van der Waals surface area contributed by atoms with Gasteiger partial charge in [0.05, 0.1) is 41.5 Å². The fraction of sp³-hybridized carbons (Fsp3) is 0.300. The van der Waals surface area contributed by atoms with Gasteiger partial charge in [0.25, 0.3) is 17.0 Å². The third-order valence-corrected chi connectivity index (χ3v) is 5.58. The van der Waals surface area contributed by atoms with Crippen LogP contribution in [0.4, 0.5) is 27.6 Å². The summed E-state index contributed by atoms with van der Waals surface area (Å²) >= 11 is 5.65. The van der Waals surface area contributed by atoms with Crippen molar-refractivity contribution in [3.8, 4) is 11.3 Å². The zero-order valence-corrected chi connectivity index (χ0v) is 18.1. The maximum absolute atomic E-state index is 14.6. The summed E-state index contributed by atoms with van der Waals surface area (Å²) in [7, 11) is 0. The van der Waals surface area contributed by atoms with Gasteiger partial charge in [0.2, 0.25) is 0 Å². The zero-order chi connectivity index (χ0) is 25.5. The molecule has 3 N–H and O–H groups in total. The van der Waals surface area contributed by atoms with Gasteiger partial charge in [0.1, 0.15) is 11.8 Å². The van der Waals surface area contributed by atoms with Crippen LogP contribution in [0.5, 0.6) is 0 Å². The maximum atomic E-state index is 14.6. The molecule has 0 aliphatic carbocycles. The average molecular weight is 520 g/mol. The maximum Gasteiger partial charge on any atom is 0.417 e. The molecule has 15 heteroatoms. The summed E-state index contributed by atoms with van der Waals surface area (Å²) in [6.07, 6.45) is -5.30. The summed E-state index contributed by atoms with van der Waals surface area (Å²) < 4.78 is 73.1. The zero-order valence-electron chi connectivity index (χ0n) is 17.4. The lowest BCUT2D eigenvalue weighted by atomic mass is 10.1. The topological polar surface area (TPSA) is 124 Å². The molecule has 4 rings (SSSR count). The van der Waals surface area contributed by atoms with Crippen LogP contribution in [0.1, 0.15) is 11.1 Å². The van der Waals surface area contributed by atoms with Crippen molar-refractivity contribution in [3.63, 3.8) is 0 Å². The highest BCUT2D eigenvalue weighted by atomic mass is 35.5. The Labute approximate surface area is 196 Å². The Balaban J connectivity index is 1.53. The lowest BCUT2D eigenvalue weighted by Crippen LogP contribution is -2.34. The van der Waals surface area contributed by atoms with E-state index in [0.29, 0.717) is 0 Å². The number of benzene rings is 1. The number of nitrogens with zero attached hydrogens (tertiary/aromatic N) is 2. The van der Waals surface area contributed by atoms with Crippen LogP contribution in [0.2, 0.25) is 5.02 Å². The molecule has 35 heavy (non-hydrogen) atoms. The molecule has 1 aliphatic rings. The molecule has 1 fully saturated rings. The molecule has 1 atom stereocenters. The van der Waals surface area contributed by atoms with Crippen LogP contribution in [-0.2, 0) is 17.5 Å². The van der Waals surface area contributed by atoms with Crippen LogP contribution in [0, 0.1) is 0 Å². The van der Waals surface area contributed by atoms with Gasteiger partial charge in [-0.05, 0) is 23.8 Å². The minimum atomic E-state index is -4.66. The second kappa shape index (κ2) is 8.92. The fourth-order valence-corrected chi connectivity index (χ4v) is 3.87. The smallest absolute Gasteiger partial charge is 0.365 e. The number of halogens is 6. The van der Waals surface area contributed by atoms with Gasteiger partial charge in [-0.3, -0.25) is 14.6 Å². The predicted octanol–water partition coefficient (Wildman–Crippen LogP) is 2.53. The van der Waals surface area contributed by atoms with Gasteiger partial charge in [0, 0.05) is 6.20 Å². The molecule has 9 nitrogen and oxygen atoms in total. The third-order valence-electron chi connectivity index (χ3n) is 5.27. The van der Waals surface area contributed by atoms with Crippen molar-refractivity contribution in [1.29, 1.82) is 0 Å². The first-order valence-electron chi connectivity index (χ1n) is 9.87. The largest absolute Gasteiger partial charge is 0.417 e. The minimum Gasteiger partial charge on any atom is -0.365 e. The molecule has 1 aromatic carbocycles. The predicted molar refractivity (Wildman–Crippen MR) is 114 cm³/mol. The SMILES string of the molecule is O=c1[nH]cc(-c2cc(N3CC(OCc4ccc(C(F)(F)F)c(Cl)c4)C(F)(F)C3)c(=O)[nH]n2)c(=O)[nH]1. The summed E-state index contributed by atoms with van der Waals surface area (Å²) in [5, 5.41) is 5.25. The first kappa shape index (κ1) is 24.6. The Morgan fingerprint density at radius 1 is 1.17 bits per heavy atom. The number of aromatic nitrogens is 4. The van der Waals surface area contributed by atoms with Gasteiger partial charge in [0.15, 0.2) is 0 Å². The van der Waals surface area contributed by atoms with Crippen LogP contribution >= 0.6 is 11.6 Å². The number of alkyl halides is 5. The first-order chi connectivity index (χ1) is 16.3. The molecule has 0 saturated carbocycles. The van der Waals surface area contributed by atoms with Gasteiger partial charge in [-0.2, -0.15) is 18.3 Å². The average Bonchev–Trinajstić information content (AvgIpc) is 3.06. The monoisotopic (exact) mass is 519 g/mol. The molecule has 2 aromatic heterocycles. The number of nitrogens with one attached hydrogen (secondary N) is 3. The number of H-pyrrole nitrogens is 3. The fourth-order valence-electron chi connectivity index (χ4n) is 3.56. The summed E-state index contributed by atoms with van der Waals surface area (Å²) in [6.45, 7) is -1.79. The van der Waals surface area contributed by atoms with Crippen LogP contribution in [0.15, 0.2) is 44.8 Å². The number of anilines is 1. The highest BCUT2D eigenvalue weighted by Crippen LogP contribution is 2.36. The van der Waals surface area contributed by atoms with E-state index in [4.69, 9.17) is 16.3 Å². The van der Waals surface area contributed by atoms with Crippen LogP contribution in [-0.4, -0.2) is 45.3 Å². The third kappa shape index (κ3) is 5.12. The van der Waals surface area contributed by atoms with E-state index in [-0.39, 0.29) is 22.5 Å². The molecule has 3 heterocycles. The van der Waals surface area contributed by atoms with E-state index in [1.165, 1.54) is 0 Å². The Hall–Kier alpha value is -3.52. The van der Waals surface area contributed by atoms with Crippen LogP contribution in [0.25, 0.3) is 11.3 Å². The van der Waals surface area contributed by atoms with Gasteiger partial charge < -0.3 is 14.6 Å². The van der Waals surface area contributed by atoms with Crippen LogP contribution in [0.3, 0.4) is 0 Å². The van der Waals surface area contributed by atoms with Gasteiger partial charge in [-0.1, -0.05) is 17.7 Å². The van der Waals surface area contributed by atoms with Crippen molar-refractivity contribution in [2.24, 2.45) is 0 Å². The van der Waals surface area contributed by atoms with Crippen molar-refractivity contribution in [3.05, 3.63) is 77.8 Å². The summed E-state index contributed by atoms with van der Waals surface area (Å²) in [5.41, 5.74) is -3.69. The highest BCUT2D eigenvalue weighted by Gasteiger charge is 2.49. The molecule has 1 aliphatic heterocycles. The number of rotatable bonds is 5. The van der Waals surface area contributed by atoms with Crippen LogP contribution < -0.4 is 21.7 Å². The normalized spacial score (nSPS) is 17.7. The van der Waals surface area contributed by atoms with E-state index in [9.17, 15) is 36.3 Å². The molecule has 186 valence electrons. The van der Waals surface area contributed by atoms with E-state index in [1.54, 1.807) is 0 Å². The number of aromatic amines is 3. The number of ether oxygens (including phenoxy) is 1. The first-order valence-corrected chi connectivity index (χ1v) is 10.2. The van der Waals surface area contributed by atoms with E-state index in [2.05, 4.69) is 15.2 Å². The molecule has 0 radical (unpaired) electrons. The Morgan fingerprint density at radius 2 is 1.91 bits per heavy atom. The summed E-state index contributed by atoms with van der Waals surface area (Å²) in [6, 6.07) is 3.91. The Kier molecular flexibility index (Phi) is 6.27. The summed E-state index contributed by atoms with van der Waals surface area (Å²) in [4.78, 5) is 40.7. The molecule has 0 bridgehead atoms. The van der Waals surface area contributed by atoms with Crippen molar-refractivity contribution in [1.82, 2.24) is 20.2 Å². The van der Waals surface area contributed by atoms with Crippen molar-refractivity contribution >= 4 is 17.3 Å². The lowest BCUT2D eigenvalue weighted by Gasteiger charge is -2.18. The van der Waals surface area contributed by atoms with E-state index in [0.717, 1.165) is 35.4 Å². The van der Waals surface area contributed by atoms with Crippen molar-refractivity contribution < 1.29 is 26.7 Å². The standard InChI is InChI=1S/C20H15ClF5N5O4/c21-12-3-9(1-2-11(12)20(24,25)26)7-35-15-6-31(8-19(15,22)23)14-4-13(29-30-17(14)33)10-5-27-18(34)28-16(10)32/h1-5,15H,6-8H2,(H,30,33)(H2,27,28,32,34). The molecule has 1 unspecified atom stereocenters. The lowest BCUT2D eigenvalue weighted by molar-refractivity contribution is -0.137. The molecular formula is C20H15ClF5N5O4. The van der Waals surface area contributed by atoms with E-state index >= 15 is 0 Å². The van der Waals surface area contributed by atoms with Crippen molar-refractivity contribution in [2.45, 2.75) is 24.8 Å². The summed E-state index contributed by atoms with van der Waals surface area (Å²) in [5.74, 6) is -3.42. The number of hydrogen-bond acceptors (Lipinski definition) is 6. The van der Waals surface area contributed by atoms with Gasteiger partial charge in [-0.15, -0.1) is 0 Å². The molecule has 1 saturated heterocycles. The van der Waals surface area contributed by atoms with E-state index < -0.39 is 65.3 Å².